The van der Waals surface area contributed by atoms with Gasteiger partial charge in [-0.05, 0) is 17.9 Å². The van der Waals surface area contributed by atoms with Crippen molar-refractivity contribution in [1.29, 1.82) is 0 Å². The molecule has 2 rings (SSSR count). The quantitative estimate of drug-likeness (QED) is 0.872. The highest BCUT2D eigenvalue weighted by molar-refractivity contribution is 5.85. The van der Waals surface area contributed by atoms with E-state index >= 15 is 0 Å². The molecule has 1 atom stereocenters. The van der Waals surface area contributed by atoms with Gasteiger partial charge in [0.1, 0.15) is 0 Å². The zero-order valence-corrected chi connectivity index (χ0v) is 12.2. The summed E-state index contributed by atoms with van der Waals surface area (Å²) >= 11 is 0. The van der Waals surface area contributed by atoms with Crippen molar-refractivity contribution in [2.75, 3.05) is 13.6 Å². The maximum absolute atomic E-state index is 12.0. The zero-order valence-electron chi connectivity index (χ0n) is 11.4. The summed E-state index contributed by atoms with van der Waals surface area (Å²) in [6.45, 7) is 0.866. The van der Waals surface area contributed by atoms with Crippen LogP contribution in [-0.2, 0) is 4.79 Å². The van der Waals surface area contributed by atoms with E-state index in [1.807, 2.05) is 42.3 Å². The lowest BCUT2D eigenvalue weighted by Gasteiger charge is -2.19. The minimum atomic E-state index is -0.193. The Bertz CT molecular complexity index is 392. The summed E-state index contributed by atoms with van der Waals surface area (Å²) in [5, 5.41) is 0. The molecule has 4 heteroatoms. The number of carbonyl (C=O) groups is 1. The van der Waals surface area contributed by atoms with Crippen molar-refractivity contribution < 1.29 is 4.79 Å². The molecule has 0 saturated heterocycles. The number of nitrogens with two attached hydrogens (primary N) is 1. The third-order valence-corrected chi connectivity index (χ3v) is 3.62. The van der Waals surface area contributed by atoms with Crippen LogP contribution in [0.1, 0.15) is 37.3 Å². The van der Waals surface area contributed by atoms with E-state index < -0.39 is 0 Å². The van der Waals surface area contributed by atoms with Crippen LogP contribution in [0.15, 0.2) is 30.3 Å². The van der Waals surface area contributed by atoms with Gasteiger partial charge in [0.2, 0.25) is 5.91 Å². The SMILES string of the molecule is CN(CCC1CC1)C(=O)CC(N)c1ccccc1.Cl. The predicted molar refractivity (Wildman–Crippen MR) is 80.2 cm³/mol. The number of nitrogens with zero attached hydrogens (tertiary/aromatic N) is 1. The molecule has 0 heterocycles. The second-order valence-electron chi connectivity index (χ2n) is 5.27. The van der Waals surface area contributed by atoms with Gasteiger partial charge in [-0.2, -0.15) is 0 Å². The topological polar surface area (TPSA) is 46.3 Å². The van der Waals surface area contributed by atoms with Crippen LogP contribution in [0.5, 0.6) is 0 Å². The number of hydrogen-bond donors (Lipinski definition) is 1. The Morgan fingerprint density at radius 1 is 1.37 bits per heavy atom. The van der Waals surface area contributed by atoms with Gasteiger partial charge in [0.25, 0.3) is 0 Å². The molecule has 1 amide bonds. The number of carbonyl (C=O) groups excluding carboxylic acids is 1. The van der Waals surface area contributed by atoms with Crippen molar-refractivity contribution in [2.45, 2.75) is 31.7 Å². The molecule has 1 aromatic carbocycles. The second-order valence-corrected chi connectivity index (χ2v) is 5.27. The molecule has 0 aliphatic heterocycles. The highest BCUT2D eigenvalue weighted by Gasteiger charge is 2.22. The maximum Gasteiger partial charge on any atom is 0.224 e. The fraction of sp³-hybridized carbons (Fsp3) is 0.533. The molecule has 2 N–H and O–H groups in total. The van der Waals surface area contributed by atoms with E-state index in [4.69, 9.17) is 5.73 Å². The normalized spacial score (nSPS) is 15.5. The van der Waals surface area contributed by atoms with Gasteiger partial charge in [-0.1, -0.05) is 43.2 Å². The third kappa shape index (κ3) is 5.21. The first-order chi connectivity index (χ1) is 8.66. The average molecular weight is 283 g/mol. The molecule has 1 aromatic rings. The van der Waals surface area contributed by atoms with Crippen LogP contribution in [0.25, 0.3) is 0 Å². The minimum absolute atomic E-state index is 0. The molecule has 19 heavy (non-hydrogen) atoms. The van der Waals surface area contributed by atoms with Gasteiger partial charge in [-0.25, -0.2) is 0 Å². The molecule has 1 aliphatic rings. The average Bonchev–Trinajstić information content (AvgIpc) is 3.21. The highest BCUT2D eigenvalue weighted by Crippen LogP contribution is 2.32. The van der Waals surface area contributed by atoms with Crippen LogP contribution in [-0.4, -0.2) is 24.4 Å². The Balaban J connectivity index is 0.00000180. The first-order valence-electron chi connectivity index (χ1n) is 6.71. The van der Waals surface area contributed by atoms with Gasteiger partial charge in [-0.15, -0.1) is 12.4 Å². The zero-order chi connectivity index (χ0) is 13.0. The molecule has 0 bridgehead atoms. The fourth-order valence-electron chi connectivity index (χ4n) is 2.07. The van der Waals surface area contributed by atoms with Crippen LogP contribution in [0.4, 0.5) is 0 Å². The molecule has 0 spiro atoms. The molecular formula is C15H23ClN2O. The number of amides is 1. The van der Waals surface area contributed by atoms with Crippen molar-refractivity contribution in [2.24, 2.45) is 11.7 Å². The standard InChI is InChI=1S/C15H22N2O.ClH/c1-17(10-9-12-7-8-12)15(18)11-14(16)13-5-3-2-4-6-13;/h2-6,12,14H,7-11,16H2,1H3;1H. The van der Waals surface area contributed by atoms with Crippen molar-refractivity contribution >= 4 is 18.3 Å². The lowest BCUT2D eigenvalue weighted by Crippen LogP contribution is -2.30. The Hall–Kier alpha value is -1.06. The summed E-state index contributed by atoms with van der Waals surface area (Å²) < 4.78 is 0. The first-order valence-corrected chi connectivity index (χ1v) is 6.71. The summed E-state index contributed by atoms with van der Waals surface area (Å²) in [6.07, 6.45) is 4.21. The van der Waals surface area contributed by atoms with Crippen LogP contribution < -0.4 is 5.73 Å². The lowest BCUT2D eigenvalue weighted by molar-refractivity contribution is -0.130. The Morgan fingerprint density at radius 3 is 2.58 bits per heavy atom. The Labute approximate surface area is 121 Å². The molecule has 106 valence electrons. The highest BCUT2D eigenvalue weighted by atomic mass is 35.5. The molecule has 1 unspecified atom stereocenters. The van der Waals surface area contributed by atoms with E-state index in [9.17, 15) is 4.79 Å². The van der Waals surface area contributed by atoms with Crippen molar-refractivity contribution in [3.05, 3.63) is 35.9 Å². The van der Waals surface area contributed by atoms with Crippen LogP contribution >= 0.6 is 12.4 Å². The summed E-state index contributed by atoms with van der Waals surface area (Å²) in [5.41, 5.74) is 7.08. The Kier molecular flexibility index (Phi) is 6.32. The smallest absolute Gasteiger partial charge is 0.224 e. The van der Waals surface area contributed by atoms with E-state index in [-0.39, 0.29) is 24.4 Å². The van der Waals surface area contributed by atoms with Crippen molar-refractivity contribution in [3.63, 3.8) is 0 Å². The summed E-state index contributed by atoms with van der Waals surface area (Å²) in [7, 11) is 1.88. The van der Waals surface area contributed by atoms with Gasteiger partial charge in [0.05, 0.1) is 0 Å². The van der Waals surface area contributed by atoms with E-state index in [1.54, 1.807) is 0 Å². The van der Waals surface area contributed by atoms with Gasteiger partial charge >= 0.3 is 0 Å². The summed E-state index contributed by atoms with van der Waals surface area (Å²) in [6, 6.07) is 9.62. The fourth-order valence-corrected chi connectivity index (χ4v) is 2.07. The Morgan fingerprint density at radius 2 is 2.00 bits per heavy atom. The lowest BCUT2D eigenvalue weighted by atomic mass is 10.0. The number of halogens is 1. The second kappa shape index (κ2) is 7.51. The summed E-state index contributed by atoms with van der Waals surface area (Å²) in [5.74, 6) is 1.01. The first kappa shape index (κ1) is 16.0. The maximum atomic E-state index is 12.0. The number of hydrogen-bond acceptors (Lipinski definition) is 2. The van der Waals surface area contributed by atoms with Crippen LogP contribution in [0.2, 0.25) is 0 Å². The predicted octanol–water partition coefficient (Wildman–Crippen LogP) is 2.76. The summed E-state index contributed by atoms with van der Waals surface area (Å²) in [4.78, 5) is 13.8. The molecular weight excluding hydrogens is 260 g/mol. The molecule has 1 aliphatic carbocycles. The van der Waals surface area contributed by atoms with E-state index in [1.165, 1.54) is 12.8 Å². The third-order valence-electron chi connectivity index (χ3n) is 3.62. The monoisotopic (exact) mass is 282 g/mol. The van der Waals surface area contributed by atoms with Crippen LogP contribution in [0, 0.1) is 5.92 Å². The molecule has 1 saturated carbocycles. The van der Waals surface area contributed by atoms with Gasteiger partial charge in [0.15, 0.2) is 0 Å². The van der Waals surface area contributed by atoms with E-state index in [0.29, 0.717) is 6.42 Å². The van der Waals surface area contributed by atoms with E-state index in [0.717, 1.165) is 24.4 Å². The largest absolute Gasteiger partial charge is 0.346 e. The van der Waals surface area contributed by atoms with Gasteiger partial charge < -0.3 is 10.6 Å². The van der Waals surface area contributed by atoms with E-state index in [2.05, 4.69) is 0 Å². The molecule has 0 aromatic heterocycles. The molecule has 3 nitrogen and oxygen atoms in total. The van der Waals surface area contributed by atoms with Gasteiger partial charge in [0, 0.05) is 26.1 Å². The van der Waals surface area contributed by atoms with Crippen molar-refractivity contribution in [3.8, 4) is 0 Å². The number of rotatable bonds is 6. The molecule has 0 radical (unpaired) electrons. The number of benzene rings is 1. The van der Waals surface area contributed by atoms with Gasteiger partial charge in [-0.3, -0.25) is 4.79 Å². The van der Waals surface area contributed by atoms with Crippen LogP contribution in [0.3, 0.4) is 0 Å². The molecule has 1 fully saturated rings. The van der Waals surface area contributed by atoms with Crippen molar-refractivity contribution in [1.82, 2.24) is 4.90 Å². The minimum Gasteiger partial charge on any atom is -0.346 e.